The number of nitrogens with one attached hydrogen (secondary N) is 2. The van der Waals surface area contributed by atoms with E-state index in [2.05, 4.69) is 15.6 Å². The van der Waals surface area contributed by atoms with E-state index in [1.807, 2.05) is 19.1 Å². The fraction of sp³-hybridized carbons (Fsp3) is 0.600. The van der Waals surface area contributed by atoms with Crippen LogP contribution in [0.1, 0.15) is 38.2 Å². The molecule has 3 rings (SSSR count). The van der Waals surface area contributed by atoms with Crippen molar-refractivity contribution in [2.24, 2.45) is 4.99 Å². The summed E-state index contributed by atoms with van der Waals surface area (Å²) in [7, 11) is 1.76. The zero-order chi connectivity index (χ0) is 19.3. The first-order valence-electron chi connectivity index (χ1n) is 9.71. The van der Waals surface area contributed by atoms with Gasteiger partial charge in [-0.3, -0.25) is 4.99 Å². The first-order chi connectivity index (χ1) is 13.1. The average molecular weight is 376 g/mol. The fourth-order valence-electron chi connectivity index (χ4n) is 3.58. The van der Waals surface area contributed by atoms with Gasteiger partial charge >= 0.3 is 6.09 Å². The van der Waals surface area contributed by atoms with Gasteiger partial charge in [-0.05, 0) is 50.3 Å². The summed E-state index contributed by atoms with van der Waals surface area (Å²) >= 11 is 0. The Labute approximate surface area is 160 Å². The molecule has 1 aromatic carbocycles. The number of nitrogens with zero attached hydrogens (tertiary/aromatic N) is 2. The molecular weight excluding hydrogens is 347 g/mol. The third-order valence-electron chi connectivity index (χ3n) is 5.49. The number of likely N-dealkylation sites (tertiary alicyclic amines) is 1. The first-order valence-corrected chi connectivity index (χ1v) is 9.71. The molecule has 0 bridgehead atoms. The highest BCUT2D eigenvalue weighted by atomic mass is 19.1. The van der Waals surface area contributed by atoms with Gasteiger partial charge in [-0.15, -0.1) is 0 Å². The van der Waals surface area contributed by atoms with Crippen LogP contribution in [0.15, 0.2) is 29.3 Å². The summed E-state index contributed by atoms with van der Waals surface area (Å²) in [4.78, 5) is 17.9. The fourth-order valence-corrected chi connectivity index (χ4v) is 3.58. The SMILES string of the molecule is CCOC(=O)N1CCC(NC(=NC)NCC2(c3ccc(F)cc3)CC2)CC1. The molecule has 2 aliphatic rings. The van der Waals surface area contributed by atoms with Crippen molar-refractivity contribution < 1.29 is 13.9 Å². The highest BCUT2D eigenvalue weighted by Crippen LogP contribution is 2.47. The maximum atomic E-state index is 13.2. The molecule has 0 aromatic heterocycles. The molecule has 2 N–H and O–H groups in total. The summed E-state index contributed by atoms with van der Waals surface area (Å²) in [5.41, 5.74) is 1.26. The molecule has 0 spiro atoms. The van der Waals surface area contributed by atoms with E-state index in [1.54, 1.807) is 11.9 Å². The first kappa shape index (κ1) is 19.5. The quantitative estimate of drug-likeness (QED) is 0.612. The highest BCUT2D eigenvalue weighted by molar-refractivity contribution is 5.80. The van der Waals surface area contributed by atoms with Crippen LogP contribution in [0.25, 0.3) is 0 Å². The summed E-state index contributed by atoms with van der Waals surface area (Å²) in [6, 6.07) is 7.10. The monoisotopic (exact) mass is 376 g/mol. The van der Waals surface area contributed by atoms with Crippen LogP contribution in [-0.2, 0) is 10.2 Å². The maximum Gasteiger partial charge on any atom is 0.409 e. The number of benzene rings is 1. The van der Waals surface area contributed by atoms with Crippen molar-refractivity contribution in [1.82, 2.24) is 15.5 Å². The maximum absolute atomic E-state index is 13.2. The summed E-state index contributed by atoms with van der Waals surface area (Å²) in [6.45, 7) is 4.38. The predicted octanol–water partition coefficient (Wildman–Crippen LogP) is 2.64. The average Bonchev–Trinajstić information content (AvgIpc) is 3.47. The Balaban J connectivity index is 1.47. The third kappa shape index (κ3) is 4.90. The van der Waals surface area contributed by atoms with Gasteiger partial charge in [-0.1, -0.05) is 12.1 Å². The number of carbonyl (C=O) groups excluding carboxylic acids is 1. The van der Waals surface area contributed by atoms with E-state index in [9.17, 15) is 9.18 Å². The lowest BCUT2D eigenvalue weighted by atomic mass is 9.96. The van der Waals surface area contributed by atoms with Crippen molar-refractivity contribution in [2.45, 2.75) is 44.1 Å². The van der Waals surface area contributed by atoms with Crippen molar-refractivity contribution in [2.75, 3.05) is 33.3 Å². The second-order valence-corrected chi connectivity index (χ2v) is 7.32. The van der Waals surface area contributed by atoms with Crippen LogP contribution >= 0.6 is 0 Å². The van der Waals surface area contributed by atoms with Crippen LogP contribution in [-0.4, -0.2) is 56.3 Å². The van der Waals surface area contributed by atoms with Gasteiger partial charge in [-0.2, -0.15) is 0 Å². The minimum atomic E-state index is -0.228. The Morgan fingerprint density at radius 3 is 2.52 bits per heavy atom. The third-order valence-corrected chi connectivity index (χ3v) is 5.49. The number of halogens is 1. The minimum Gasteiger partial charge on any atom is -0.450 e. The number of rotatable bonds is 5. The van der Waals surface area contributed by atoms with Gasteiger partial charge in [0.2, 0.25) is 0 Å². The molecule has 0 atom stereocenters. The van der Waals surface area contributed by atoms with Gasteiger partial charge in [0, 0.05) is 38.1 Å². The number of ether oxygens (including phenoxy) is 1. The molecule has 1 aliphatic heterocycles. The summed E-state index contributed by atoms with van der Waals surface area (Å²) < 4.78 is 18.2. The van der Waals surface area contributed by atoms with Crippen molar-refractivity contribution in [3.63, 3.8) is 0 Å². The molecule has 7 heteroatoms. The molecule has 1 heterocycles. The van der Waals surface area contributed by atoms with Crippen molar-refractivity contribution in [3.05, 3.63) is 35.6 Å². The van der Waals surface area contributed by atoms with Gasteiger partial charge < -0.3 is 20.3 Å². The lowest BCUT2D eigenvalue weighted by Crippen LogP contribution is -2.50. The Morgan fingerprint density at radius 1 is 1.30 bits per heavy atom. The molecule has 6 nitrogen and oxygen atoms in total. The molecule has 0 unspecified atom stereocenters. The van der Waals surface area contributed by atoms with Gasteiger partial charge in [-0.25, -0.2) is 9.18 Å². The van der Waals surface area contributed by atoms with Crippen LogP contribution < -0.4 is 10.6 Å². The van der Waals surface area contributed by atoms with Gasteiger partial charge in [0.05, 0.1) is 6.61 Å². The van der Waals surface area contributed by atoms with Gasteiger partial charge in [0.15, 0.2) is 5.96 Å². The molecule has 1 saturated heterocycles. The minimum absolute atomic E-state index is 0.0819. The molecule has 27 heavy (non-hydrogen) atoms. The molecule has 1 aliphatic carbocycles. The zero-order valence-corrected chi connectivity index (χ0v) is 16.1. The van der Waals surface area contributed by atoms with E-state index < -0.39 is 0 Å². The highest BCUT2D eigenvalue weighted by Gasteiger charge is 2.44. The molecule has 1 saturated carbocycles. The lowest BCUT2D eigenvalue weighted by Gasteiger charge is -2.32. The molecule has 2 fully saturated rings. The second kappa shape index (κ2) is 8.59. The van der Waals surface area contributed by atoms with E-state index >= 15 is 0 Å². The predicted molar refractivity (Wildman–Crippen MR) is 103 cm³/mol. The van der Waals surface area contributed by atoms with Crippen LogP contribution in [0.3, 0.4) is 0 Å². The number of hydrogen-bond acceptors (Lipinski definition) is 3. The summed E-state index contributed by atoms with van der Waals surface area (Å²) in [6.07, 6.45) is 3.69. The van der Waals surface area contributed by atoms with Crippen molar-refractivity contribution in [3.8, 4) is 0 Å². The summed E-state index contributed by atoms with van der Waals surface area (Å²) in [5, 5.41) is 6.88. The largest absolute Gasteiger partial charge is 0.450 e. The van der Waals surface area contributed by atoms with Gasteiger partial charge in [0.25, 0.3) is 0 Å². The Bertz CT molecular complexity index is 665. The van der Waals surface area contributed by atoms with E-state index in [1.165, 1.54) is 17.7 Å². The number of amides is 1. The Hall–Kier alpha value is -2.31. The molecule has 1 aromatic rings. The van der Waals surface area contributed by atoms with Crippen LogP contribution in [0.2, 0.25) is 0 Å². The van der Waals surface area contributed by atoms with E-state index in [-0.39, 0.29) is 23.4 Å². The van der Waals surface area contributed by atoms with E-state index in [0.29, 0.717) is 19.7 Å². The van der Waals surface area contributed by atoms with E-state index in [4.69, 9.17) is 4.74 Å². The van der Waals surface area contributed by atoms with Crippen LogP contribution in [0.4, 0.5) is 9.18 Å². The number of aliphatic imine (C=N–C) groups is 1. The number of hydrogen-bond donors (Lipinski definition) is 2. The second-order valence-electron chi connectivity index (χ2n) is 7.32. The normalized spacial score (nSPS) is 19.5. The topological polar surface area (TPSA) is 66.0 Å². The van der Waals surface area contributed by atoms with Gasteiger partial charge in [0.1, 0.15) is 5.82 Å². The molecular formula is C20H29FN4O2. The lowest BCUT2D eigenvalue weighted by molar-refractivity contribution is 0.0963. The molecule has 1 amide bonds. The Kier molecular flexibility index (Phi) is 6.19. The molecule has 0 radical (unpaired) electrons. The number of piperidine rings is 1. The Morgan fingerprint density at radius 2 is 1.96 bits per heavy atom. The smallest absolute Gasteiger partial charge is 0.409 e. The van der Waals surface area contributed by atoms with E-state index in [0.717, 1.165) is 38.2 Å². The van der Waals surface area contributed by atoms with Crippen LogP contribution in [0, 0.1) is 5.82 Å². The standard InChI is InChI=1S/C20H29FN4O2/c1-3-27-19(26)25-12-8-17(9-13-25)24-18(22-2)23-14-20(10-11-20)15-4-6-16(21)7-5-15/h4-7,17H,3,8-14H2,1-2H3,(H2,22,23,24). The van der Waals surface area contributed by atoms with Crippen LogP contribution in [0.5, 0.6) is 0 Å². The number of guanidine groups is 1. The summed E-state index contributed by atoms with van der Waals surface area (Å²) in [5.74, 6) is 0.576. The van der Waals surface area contributed by atoms with Crippen molar-refractivity contribution >= 4 is 12.1 Å². The zero-order valence-electron chi connectivity index (χ0n) is 16.1. The molecule has 148 valence electrons. The number of carbonyl (C=O) groups is 1. The van der Waals surface area contributed by atoms with Crippen molar-refractivity contribution in [1.29, 1.82) is 0 Å².